The maximum atomic E-state index is 12.5. The van der Waals surface area contributed by atoms with Crippen molar-refractivity contribution in [2.75, 3.05) is 6.54 Å². The van der Waals surface area contributed by atoms with Gasteiger partial charge in [-0.2, -0.15) is 0 Å². The molecular formula is C20H22N4O2. The summed E-state index contributed by atoms with van der Waals surface area (Å²) in [6.45, 7) is 2.57. The number of nitrogens with zero attached hydrogens (tertiary/aromatic N) is 3. The first kappa shape index (κ1) is 17.8. The number of fused-ring (bicyclic) bond motifs is 1. The molecule has 3 aromatic rings. The van der Waals surface area contributed by atoms with Gasteiger partial charge in [0.05, 0.1) is 5.39 Å². The van der Waals surface area contributed by atoms with Crippen molar-refractivity contribution in [2.24, 2.45) is 0 Å². The lowest BCUT2D eigenvalue weighted by molar-refractivity contribution is -0.121. The summed E-state index contributed by atoms with van der Waals surface area (Å²) in [5.41, 5.74) is 1.56. The number of pyridine rings is 1. The Morgan fingerprint density at radius 3 is 2.77 bits per heavy atom. The summed E-state index contributed by atoms with van der Waals surface area (Å²) in [6, 6.07) is 13.6. The molecule has 0 aliphatic rings. The van der Waals surface area contributed by atoms with Gasteiger partial charge in [0.1, 0.15) is 5.82 Å². The van der Waals surface area contributed by atoms with E-state index in [9.17, 15) is 9.59 Å². The van der Waals surface area contributed by atoms with Gasteiger partial charge in [-0.25, -0.2) is 9.97 Å². The minimum atomic E-state index is -0.126. The van der Waals surface area contributed by atoms with Crippen LogP contribution in [0.15, 0.2) is 53.5 Å². The third-order valence-electron chi connectivity index (χ3n) is 4.29. The van der Waals surface area contributed by atoms with Crippen molar-refractivity contribution in [3.63, 3.8) is 0 Å². The van der Waals surface area contributed by atoms with E-state index >= 15 is 0 Å². The van der Waals surface area contributed by atoms with Crippen molar-refractivity contribution in [2.45, 2.75) is 32.7 Å². The number of carbonyl (C=O) groups excluding carboxylic acids is 1. The molecule has 0 aliphatic heterocycles. The Kier molecular flexibility index (Phi) is 5.73. The Morgan fingerprint density at radius 2 is 1.96 bits per heavy atom. The molecule has 0 fully saturated rings. The van der Waals surface area contributed by atoms with Crippen LogP contribution >= 0.6 is 0 Å². The van der Waals surface area contributed by atoms with Crippen molar-refractivity contribution < 1.29 is 4.79 Å². The summed E-state index contributed by atoms with van der Waals surface area (Å²) in [7, 11) is 0. The van der Waals surface area contributed by atoms with E-state index in [0.29, 0.717) is 36.4 Å². The average Bonchev–Trinajstić information content (AvgIpc) is 2.65. The van der Waals surface area contributed by atoms with E-state index in [4.69, 9.17) is 0 Å². The van der Waals surface area contributed by atoms with Crippen LogP contribution in [-0.4, -0.2) is 27.0 Å². The molecule has 6 nitrogen and oxygen atoms in total. The summed E-state index contributed by atoms with van der Waals surface area (Å²) in [4.78, 5) is 33.0. The normalized spacial score (nSPS) is 10.8. The van der Waals surface area contributed by atoms with Crippen LogP contribution in [0.2, 0.25) is 0 Å². The molecule has 26 heavy (non-hydrogen) atoms. The smallest absolute Gasteiger partial charge is 0.263 e. The Morgan fingerprint density at radius 1 is 1.15 bits per heavy atom. The van der Waals surface area contributed by atoms with E-state index in [1.165, 1.54) is 5.56 Å². The van der Waals surface area contributed by atoms with Crippen molar-refractivity contribution in [3.05, 3.63) is 70.4 Å². The molecule has 0 saturated heterocycles. The number of rotatable bonds is 7. The topological polar surface area (TPSA) is 76.9 Å². The average molecular weight is 350 g/mol. The van der Waals surface area contributed by atoms with Gasteiger partial charge in [0, 0.05) is 25.7 Å². The van der Waals surface area contributed by atoms with E-state index in [1.54, 1.807) is 29.8 Å². The zero-order valence-corrected chi connectivity index (χ0v) is 14.8. The second kappa shape index (κ2) is 8.38. The number of nitrogens with one attached hydrogen (secondary N) is 1. The molecular weight excluding hydrogens is 328 g/mol. The monoisotopic (exact) mass is 350 g/mol. The molecule has 0 bridgehead atoms. The first-order valence-electron chi connectivity index (χ1n) is 8.78. The summed E-state index contributed by atoms with van der Waals surface area (Å²) in [6.07, 6.45) is 3.78. The lowest BCUT2D eigenvalue weighted by Crippen LogP contribution is -2.32. The zero-order chi connectivity index (χ0) is 18.4. The van der Waals surface area contributed by atoms with Crippen molar-refractivity contribution in [1.82, 2.24) is 19.9 Å². The molecule has 1 aromatic carbocycles. The fraction of sp³-hybridized carbons (Fsp3) is 0.300. The molecule has 6 heteroatoms. The number of benzene rings is 1. The largest absolute Gasteiger partial charge is 0.354 e. The van der Waals surface area contributed by atoms with E-state index in [-0.39, 0.29) is 11.5 Å². The van der Waals surface area contributed by atoms with Gasteiger partial charge in [-0.3, -0.25) is 14.2 Å². The number of hydrogen-bond donors (Lipinski definition) is 1. The second-order valence-corrected chi connectivity index (χ2v) is 6.18. The Labute approximate surface area is 151 Å². The summed E-state index contributed by atoms with van der Waals surface area (Å²) in [5.74, 6) is 0.599. The quantitative estimate of drug-likeness (QED) is 0.709. The number of aromatic nitrogens is 3. The van der Waals surface area contributed by atoms with E-state index in [2.05, 4.69) is 27.4 Å². The molecule has 1 amide bonds. The maximum Gasteiger partial charge on any atom is 0.263 e. The lowest BCUT2D eigenvalue weighted by Gasteiger charge is -2.11. The van der Waals surface area contributed by atoms with Crippen LogP contribution in [0.25, 0.3) is 11.0 Å². The van der Waals surface area contributed by atoms with Crippen LogP contribution < -0.4 is 10.9 Å². The second-order valence-electron chi connectivity index (χ2n) is 6.18. The predicted octanol–water partition coefficient (Wildman–Crippen LogP) is 2.24. The van der Waals surface area contributed by atoms with E-state index in [0.717, 1.165) is 12.8 Å². The van der Waals surface area contributed by atoms with Gasteiger partial charge < -0.3 is 5.32 Å². The van der Waals surface area contributed by atoms with E-state index in [1.807, 2.05) is 18.2 Å². The van der Waals surface area contributed by atoms with Crippen LogP contribution in [0.4, 0.5) is 0 Å². The Bertz CT molecular complexity index is 951. The van der Waals surface area contributed by atoms with Gasteiger partial charge in [-0.15, -0.1) is 0 Å². The van der Waals surface area contributed by atoms with Crippen molar-refractivity contribution in [3.8, 4) is 0 Å². The van der Waals surface area contributed by atoms with Gasteiger partial charge in [0.15, 0.2) is 5.65 Å². The first-order valence-corrected chi connectivity index (χ1v) is 8.78. The Hall–Kier alpha value is -3.02. The molecule has 3 rings (SSSR count). The van der Waals surface area contributed by atoms with Gasteiger partial charge in [-0.1, -0.05) is 30.3 Å². The van der Waals surface area contributed by atoms with Gasteiger partial charge in [0.25, 0.3) is 5.56 Å². The van der Waals surface area contributed by atoms with Crippen molar-refractivity contribution >= 4 is 16.9 Å². The Balaban J connectivity index is 1.51. The fourth-order valence-electron chi connectivity index (χ4n) is 2.92. The van der Waals surface area contributed by atoms with Crippen LogP contribution in [0.3, 0.4) is 0 Å². The third-order valence-corrected chi connectivity index (χ3v) is 4.29. The number of aryl methyl sites for hydroxylation is 2. The SMILES string of the molecule is Cc1nc2ncccc2c(=O)n1CCNC(=O)CCCc1ccccc1. The van der Waals surface area contributed by atoms with E-state index < -0.39 is 0 Å². The highest BCUT2D eigenvalue weighted by Crippen LogP contribution is 2.05. The molecule has 0 spiro atoms. The van der Waals surface area contributed by atoms with Gasteiger partial charge >= 0.3 is 0 Å². The number of hydrogen-bond acceptors (Lipinski definition) is 4. The number of carbonyl (C=O) groups is 1. The molecule has 2 aromatic heterocycles. The maximum absolute atomic E-state index is 12.5. The molecule has 2 heterocycles. The predicted molar refractivity (Wildman–Crippen MR) is 101 cm³/mol. The van der Waals surface area contributed by atoms with Gasteiger partial charge in [-0.05, 0) is 37.5 Å². The van der Waals surface area contributed by atoms with Crippen LogP contribution in [0, 0.1) is 6.92 Å². The first-order chi connectivity index (χ1) is 12.6. The minimum Gasteiger partial charge on any atom is -0.354 e. The third kappa shape index (κ3) is 4.33. The summed E-state index contributed by atoms with van der Waals surface area (Å²) >= 11 is 0. The molecule has 0 aliphatic carbocycles. The number of amides is 1. The van der Waals surface area contributed by atoms with Gasteiger partial charge in [0.2, 0.25) is 5.91 Å². The summed E-state index contributed by atoms with van der Waals surface area (Å²) < 4.78 is 1.58. The zero-order valence-electron chi connectivity index (χ0n) is 14.8. The van der Waals surface area contributed by atoms with Crippen LogP contribution in [-0.2, 0) is 17.8 Å². The molecule has 134 valence electrons. The molecule has 0 radical (unpaired) electrons. The molecule has 0 unspecified atom stereocenters. The summed E-state index contributed by atoms with van der Waals surface area (Å²) in [5, 5.41) is 3.37. The molecule has 0 saturated carbocycles. The standard InChI is InChI=1S/C20H22N4O2/c1-15-23-19-17(10-6-12-22-19)20(26)24(15)14-13-21-18(25)11-5-9-16-7-3-2-4-8-16/h2-4,6-8,10,12H,5,9,11,13-14H2,1H3,(H,21,25). The highest BCUT2D eigenvalue weighted by molar-refractivity contribution is 5.75. The molecule has 1 N–H and O–H groups in total. The fourth-order valence-corrected chi connectivity index (χ4v) is 2.92. The lowest BCUT2D eigenvalue weighted by atomic mass is 10.1. The highest BCUT2D eigenvalue weighted by Gasteiger charge is 2.09. The molecule has 0 atom stereocenters. The van der Waals surface area contributed by atoms with Crippen LogP contribution in [0.1, 0.15) is 24.2 Å². The minimum absolute atomic E-state index is 0.00190. The highest BCUT2D eigenvalue weighted by atomic mass is 16.1. The van der Waals surface area contributed by atoms with Crippen LogP contribution in [0.5, 0.6) is 0 Å². The van der Waals surface area contributed by atoms with Crippen molar-refractivity contribution in [1.29, 1.82) is 0 Å².